The van der Waals surface area contributed by atoms with Gasteiger partial charge in [0.15, 0.2) is 0 Å². The summed E-state index contributed by atoms with van der Waals surface area (Å²) in [6.07, 6.45) is 0.248. The molecule has 0 aliphatic heterocycles. The summed E-state index contributed by atoms with van der Waals surface area (Å²) in [5.41, 5.74) is 3.53. The van der Waals surface area contributed by atoms with Gasteiger partial charge in [-0.25, -0.2) is 4.98 Å². The number of carbonyl (C=O) groups excluding carboxylic acids is 2. The molecule has 5 nitrogen and oxygen atoms in total. The van der Waals surface area contributed by atoms with Crippen LogP contribution in [0, 0.1) is 0 Å². The monoisotopic (exact) mass is 379 g/mol. The predicted octanol–water partition coefficient (Wildman–Crippen LogP) is 4.19. The summed E-state index contributed by atoms with van der Waals surface area (Å²) in [5, 5.41) is 8.50. The summed E-state index contributed by atoms with van der Waals surface area (Å²) >= 11 is 1.50. The van der Waals surface area contributed by atoms with Crippen molar-refractivity contribution in [2.75, 3.05) is 5.32 Å². The molecule has 2 aromatic carbocycles. The lowest BCUT2D eigenvalue weighted by molar-refractivity contribution is -0.121. The number of hydrogen-bond donors (Lipinski definition) is 2. The maximum Gasteiger partial charge on any atom is 0.226 e. The summed E-state index contributed by atoms with van der Waals surface area (Å²) in [7, 11) is 0. The molecule has 2 N–H and O–H groups in total. The van der Waals surface area contributed by atoms with Gasteiger partial charge in [0.1, 0.15) is 5.01 Å². The van der Waals surface area contributed by atoms with Crippen LogP contribution in [0.1, 0.15) is 31.1 Å². The van der Waals surface area contributed by atoms with Gasteiger partial charge in [0.2, 0.25) is 11.8 Å². The molecule has 0 aliphatic rings. The van der Waals surface area contributed by atoms with E-state index < -0.39 is 0 Å². The number of rotatable bonds is 6. The summed E-state index contributed by atoms with van der Waals surface area (Å²) in [5.74, 6) is -0.153. The van der Waals surface area contributed by atoms with Crippen molar-refractivity contribution in [3.63, 3.8) is 0 Å². The number of carbonyl (C=O) groups is 2. The Morgan fingerprint density at radius 1 is 1.07 bits per heavy atom. The molecule has 1 aromatic heterocycles. The lowest BCUT2D eigenvalue weighted by Crippen LogP contribution is -2.28. The van der Waals surface area contributed by atoms with Crippen LogP contribution in [0.3, 0.4) is 0 Å². The van der Waals surface area contributed by atoms with Crippen molar-refractivity contribution >= 4 is 28.8 Å². The van der Waals surface area contributed by atoms with Crippen LogP contribution in [0.25, 0.3) is 10.6 Å². The first-order valence-corrected chi connectivity index (χ1v) is 9.56. The molecular weight excluding hydrogens is 358 g/mol. The Balaban J connectivity index is 1.60. The standard InChI is InChI=1S/C21H21N3O2S/c1-14(16-6-4-3-5-7-16)22-20(26)12-19-13-27-21(24-19)17-8-10-18(11-9-17)23-15(2)25/h3-11,13-14H,12H2,1-2H3,(H,22,26)(H,23,25). The van der Waals surface area contributed by atoms with E-state index in [-0.39, 0.29) is 24.3 Å². The Kier molecular flexibility index (Phi) is 5.98. The average molecular weight is 379 g/mol. The topological polar surface area (TPSA) is 71.1 Å². The second-order valence-corrected chi connectivity index (χ2v) is 7.14. The third-order valence-electron chi connectivity index (χ3n) is 4.02. The van der Waals surface area contributed by atoms with Gasteiger partial charge in [-0.05, 0) is 36.8 Å². The predicted molar refractivity (Wildman–Crippen MR) is 109 cm³/mol. The van der Waals surface area contributed by atoms with E-state index in [2.05, 4.69) is 15.6 Å². The van der Waals surface area contributed by atoms with E-state index in [1.54, 1.807) is 0 Å². The maximum atomic E-state index is 12.3. The quantitative estimate of drug-likeness (QED) is 0.675. The highest BCUT2D eigenvalue weighted by molar-refractivity contribution is 7.13. The highest BCUT2D eigenvalue weighted by Gasteiger charge is 2.12. The van der Waals surface area contributed by atoms with Gasteiger partial charge in [-0.1, -0.05) is 30.3 Å². The molecule has 2 amide bonds. The van der Waals surface area contributed by atoms with Crippen molar-refractivity contribution in [1.29, 1.82) is 0 Å². The van der Waals surface area contributed by atoms with E-state index in [0.717, 1.165) is 27.5 Å². The fourth-order valence-corrected chi connectivity index (χ4v) is 3.53. The molecule has 1 heterocycles. The number of hydrogen-bond acceptors (Lipinski definition) is 4. The zero-order chi connectivity index (χ0) is 19.2. The second kappa shape index (κ2) is 8.60. The molecule has 0 saturated carbocycles. The van der Waals surface area contributed by atoms with Crippen molar-refractivity contribution in [3.8, 4) is 10.6 Å². The molecule has 6 heteroatoms. The van der Waals surface area contributed by atoms with E-state index in [9.17, 15) is 9.59 Å². The van der Waals surface area contributed by atoms with Crippen molar-refractivity contribution in [1.82, 2.24) is 10.3 Å². The summed E-state index contributed by atoms with van der Waals surface area (Å²) in [6.45, 7) is 3.45. The third kappa shape index (κ3) is 5.24. The van der Waals surface area contributed by atoms with Gasteiger partial charge < -0.3 is 10.6 Å². The van der Waals surface area contributed by atoms with E-state index >= 15 is 0 Å². The van der Waals surface area contributed by atoms with Gasteiger partial charge in [0, 0.05) is 23.6 Å². The minimum atomic E-state index is -0.102. The van der Waals surface area contributed by atoms with Crippen LogP contribution in [0.2, 0.25) is 0 Å². The first-order chi connectivity index (χ1) is 13.0. The number of amides is 2. The van der Waals surface area contributed by atoms with Crippen LogP contribution in [0.5, 0.6) is 0 Å². The molecule has 3 rings (SSSR count). The van der Waals surface area contributed by atoms with Crippen LogP contribution in [-0.4, -0.2) is 16.8 Å². The van der Waals surface area contributed by atoms with Gasteiger partial charge in [-0.2, -0.15) is 0 Å². The smallest absolute Gasteiger partial charge is 0.226 e. The Morgan fingerprint density at radius 2 is 1.78 bits per heavy atom. The fourth-order valence-electron chi connectivity index (χ4n) is 2.70. The van der Waals surface area contributed by atoms with E-state index in [0.29, 0.717) is 0 Å². The number of anilines is 1. The Morgan fingerprint density at radius 3 is 2.44 bits per heavy atom. The zero-order valence-corrected chi connectivity index (χ0v) is 16.0. The van der Waals surface area contributed by atoms with Gasteiger partial charge in [0.05, 0.1) is 18.2 Å². The molecule has 1 unspecified atom stereocenters. The van der Waals surface area contributed by atoms with Crippen LogP contribution in [-0.2, 0) is 16.0 Å². The van der Waals surface area contributed by atoms with Crippen molar-refractivity contribution < 1.29 is 9.59 Å². The highest BCUT2D eigenvalue weighted by Crippen LogP contribution is 2.25. The van der Waals surface area contributed by atoms with E-state index in [1.807, 2.05) is 66.9 Å². The second-order valence-electron chi connectivity index (χ2n) is 6.28. The molecular formula is C21H21N3O2S. The molecule has 3 aromatic rings. The third-order valence-corrected chi connectivity index (χ3v) is 4.96. The molecule has 0 saturated heterocycles. The summed E-state index contributed by atoms with van der Waals surface area (Å²) < 4.78 is 0. The number of benzene rings is 2. The molecule has 0 aliphatic carbocycles. The van der Waals surface area contributed by atoms with E-state index in [4.69, 9.17) is 0 Å². The highest BCUT2D eigenvalue weighted by atomic mass is 32.1. The van der Waals surface area contributed by atoms with Crippen molar-refractivity contribution in [3.05, 3.63) is 71.2 Å². The first kappa shape index (κ1) is 18.8. The van der Waals surface area contributed by atoms with Crippen molar-refractivity contribution in [2.45, 2.75) is 26.3 Å². The van der Waals surface area contributed by atoms with Gasteiger partial charge >= 0.3 is 0 Å². The number of aromatic nitrogens is 1. The van der Waals surface area contributed by atoms with Gasteiger partial charge in [-0.15, -0.1) is 11.3 Å². The normalized spacial score (nSPS) is 11.6. The minimum Gasteiger partial charge on any atom is -0.349 e. The summed E-state index contributed by atoms with van der Waals surface area (Å²) in [6, 6.07) is 17.3. The van der Waals surface area contributed by atoms with Crippen LogP contribution in [0.15, 0.2) is 60.0 Å². The first-order valence-electron chi connectivity index (χ1n) is 8.68. The van der Waals surface area contributed by atoms with Crippen molar-refractivity contribution in [2.24, 2.45) is 0 Å². The lowest BCUT2D eigenvalue weighted by Gasteiger charge is -2.13. The Hall–Kier alpha value is -2.99. The number of nitrogens with one attached hydrogen (secondary N) is 2. The molecule has 0 spiro atoms. The SMILES string of the molecule is CC(=O)Nc1ccc(-c2nc(CC(=O)NC(C)c3ccccc3)cs2)cc1. The molecule has 27 heavy (non-hydrogen) atoms. The van der Waals surface area contributed by atoms with Gasteiger partial charge in [-0.3, -0.25) is 9.59 Å². The molecule has 1 atom stereocenters. The maximum absolute atomic E-state index is 12.3. The van der Waals surface area contributed by atoms with Crippen LogP contribution in [0.4, 0.5) is 5.69 Å². The van der Waals surface area contributed by atoms with Gasteiger partial charge in [0.25, 0.3) is 0 Å². The lowest BCUT2D eigenvalue weighted by atomic mass is 10.1. The minimum absolute atomic E-state index is 0.0434. The molecule has 0 radical (unpaired) electrons. The molecule has 0 fully saturated rings. The fraction of sp³-hybridized carbons (Fsp3) is 0.190. The summed E-state index contributed by atoms with van der Waals surface area (Å²) in [4.78, 5) is 27.9. The number of nitrogens with zero attached hydrogens (tertiary/aromatic N) is 1. The van der Waals surface area contributed by atoms with Crippen LogP contribution >= 0.6 is 11.3 Å². The number of thiazole rings is 1. The Labute approximate surface area is 162 Å². The van der Waals surface area contributed by atoms with E-state index in [1.165, 1.54) is 18.3 Å². The molecule has 0 bridgehead atoms. The largest absolute Gasteiger partial charge is 0.349 e. The zero-order valence-electron chi connectivity index (χ0n) is 15.2. The van der Waals surface area contributed by atoms with Crippen LogP contribution < -0.4 is 10.6 Å². The Bertz CT molecular complexity index is 920. The molecule has 138 valence electrons. The average Bonchev–Trinajstić information content (AvgIpc) is 3.11.